The zero-order valence-corrected chi connectivity index (χ0v) is 5.65. The first-order valence-electron chi connectivity index (χ1n) is 2.98. The van der Waals surface area contributed by atoms with Crippen LogP contribution in [0, 0.1) is 24.2 Å². The lowest BCUT2D eigenvalue weighted by molar-refractivity contribution is 1.27. The van der Waals surface area contributed by atoms with Gasteiger partial charge >= 0.3 is 0 Å². The van der Waals surface area contributed by atoms with Crippen molar-refractivity contribution in [2.75, 3.05) is 0 Å². The van der Waals surface area contributed by atoms with Crippen molar-refractivity contribution in [2.24, 2.45) is 0 Å². The lowest BCUT2D eigenvalue weighted by Gasteiger charge is -1.71. The molecule has 0 heteroatoms. The Morgan fingerprint density at radius 2 is 2.22 bits per heavy atom. The maximum atomic E-state index is 4.96. The van der Waals surface area contributed by atoms with E-state index in [1.54, 1.807) is 6.08 Å². The molecule has 0 atom stereocenters. The molecule has 9 heavy (non-hydrogen) atoms. The number of rotatable bonds is 1. The van der Waals surface area contributed by atoms with E-state index in [0.29, 0.717) is 0 Å². The zero-order chi connectivity index (χ0) is 6.95. The molecule has 0 aliphatic heterocycles. The van der Waals surface area contributed by atoms with Gasteiger partial charge in [-0.1, -0.05) is 24.8 Å². The Morgan fingerprint density at radius 1 is 1.44 bits per heavy atom. The molecule has 0 heterocycles. The van der Waals surface area contributed by atoms with Crippen molar-refractivity contribution in [1.29, 1.82) is 0 Å². The van der Waals surface area contributed by atoms with E-state index in [2.05, 4.69) is 17.8 Å². The molecule has 0 spiro atoms. The number of hydrogen-bond donors (Lipinski definition) is 0. The van der Waals surface area contributed by atoms with Crippen LogP contribution in [0.5, 0.6) is 0 Å². The average Bonchev–Trinajstić information content (AvgIpc) is 1.89. The fourth-order valence-electron chi connectivity index (χ4n) is 0.383. The summed E-state index contributed by atoms with van der Waals surface area (Å²) in [6.07, 6.45) is 10.2. The standard InChI is InChI=1S/C9H10/c1-3-5-7-9-8-6-4-2/h1,5,7H,4,9H2,2H3/b7-5+. The Balaban J connectivity index is 3.31. The minimum atomic E-state index is 0.776. The fraction of sp³-hybridized carbons (Fsp3) is 0.333. The van der Waals surface area contributed by atoms with E-state index in [0.717, 1.165) is 12.8 Å². The van der Waals surface area contributed by atoms with Crippen LogP contribution in [-0.4, -0.2) is 0 Å². The molecule has 0 unspecified atom stereocenters. The van der Waals surface area contributed by atoms with Crippen LogP contribution in [0.4, 0.5) is 0 Å². The molecule has 0 aliphatic rings. The first kappa shape index (κ1) is 7.86. The quantitative estimate of drug-likeness (QED) is 0.462. The summed E-state index contributed by atoms with van der Waals surface area (Å²) >= 11 is 0. The van der Waals surface area contributed by atoms with Gasteiger partial charge in [0.05, 0.1) is 0 Å². The van der Waals surface area contributed by atoms with Crippen LogP contribution in [0.1, 0.15) is 19.8 Å². The van der Waals surface area contributed by atoms with Crippen molar-refractivity contribution in [1.82, 2.24) is 0 Å². The molecule has 0 bridgehead atoms. The normalized spacial score (nSPS) is 8.00. The first-order chi connectivity index (χ1) is 4.41. The second-order valence-corrected chi connectivity index (χ2v) is 1.48. The Kier molecular flexibility index (Phi) is 5.99. The SMILES string of the molecule is C#C/C=C/CC#CCC. The smallest absolute Gasteiger partial charge is 0.0278 e. The second-order valence-electron chi connectivity index (χ2n) is 1.48. The van der Waals surface area contributed by atoms with Gasteiger partial charge in [-0.15, -0.1) is 12.3 Å². The van der Waals surface area contributed by atoms with Gasteiger partial charge < -0.3 is 0 Å². The van der Waals surface area contributed by atoms with Crippen molar-refractivity contribution in [2.45, 2.75) is 19.8 Å². The first-order valence-corrected chi connectivity index (χ1v) is 2.98. The molecule has 0 N–H and O–H groups in total. The van der Waals surface area contributed by atoms with E-state index in [9.17, 15) is 0 Å². The predicted octanol–water partition coefficient (Wildman–Crippen LogP) is 1.98. The van der Waals surface area contributed by atoms with Crippen molar-refractivity contribution in [3.05, 3.63) is 12.2 Å². The highest BCUT2D eigenvalue weighted by atomic mass is 13.7. The van der Waals surface area contributed by atoms with Crippen molar-refractivity contribution in [3.63, 3.8) is 0 Å². The molecule has 0 amide bonds. The molecule has 0 nitrogen and oxygen atoms in total. The Bertz CT molecular complexity index is 168. The van der Waals surface area contributed by atoms with Gasteiger partial charge in [0.1, 0.15) is 0 Å². The van der Waals surface area contributed by atoms with Gasteiger partial charge in [-0.25, -0.2) is 0 Å². The maximum Gasteiger partial charge on any atom is 0.0278 e. The topological polar surface area (TPSA) is 0 Å². The van der Waals surface area contributed by atoms with Crippen LogP contribution in [0.3, 0.4) is 0 Å². The predicted molar refractivity (Wildman–Crippen MR) is 40.7 cm³/mol. The minimum Gasteiger partial charge on any atom is -0.115 e. The summed E-state index contributed by atoms with van der Waals surface area (Å²) in [5.74, 6) is 8.27. The highest BCUT2D eigenvalue weighted by Gasteiger charge is 1.64. The van der Waals surface area contributed by atoms with Crippen LogP contribution in [0.25, 0.3) is 0 Å². The molecule has 46 valence electrons. The molecule has 0 aliphatic carbocycles. The summed E-state index contributed by atoms with van der Waals surface area (Å²) in [5.41, 5.74) is 0. The molecule has 0 fully saturated rings. The summed E-state index contributed by atoms with van der Waals surface area (Å²) in [7, 11) is 0. The molecule has 0 saturated carbocycles. The molecular formula is C9H10. The summed E-state index contributed by atoms with van der Waals surface area (Å²) in [4.78, 5) is 0. The van der Waals surface area contributed by atoms with Crippen LogP contribution in [0.2, 0.25) is 0 Å². The van der Waals surface area contributed by atoms with Crippen LogP contribution < -0.4 is 0 Å². The molecule has 0 saturated heterocycles. The van der Waals surface area contributed by atoms with Crippen LogP contribution >= 0.6 is 0 Å². The second kappa shape index (κ2) is 6.86. The van der Waals surface area contributed by atoms with E-state index >= 15 is 0 Å². The van der Waals surface area contributed by atoms with E-state index in [-0.39, 0.29) is 0 Å². The molecular weight excluding hydrogens is 108 g/mol. The Morgan fingerprint density at radius 3 is 2.78 bits per heavy atom. The minimum absolute atomic E-state index is 0.776. The number of hydrogen-bond acceptors (Lipinski definition) is 0. The number of allylic oxidation sites excluding steroid dienone is 2. The van der Waals surface area contributed by atoms with Gasteiger partial charge in [0.2, 0.25) is 0 Å². The molecule has 0 rings (SSSR count). The third-order valence-corrected chi connectivity index (χ3v) is 0.736. The molecule has 0 aromatic heterocycles. The Labute approximate surface area is 57.0 Å². The van der Waals surface area contributed by atoms with Crippen LogP contribution in [0.15, 0.2) is 12.2 Å². The van der Waals surface area contributed by atoms with Gasteiger partial charge in [0, 0.05) is 12.8 Å². The zero-order valence-electron chi connectivity index (χ0n) is 5.65. The van der Waals surface area contributed by atoms with E-state index < -0.39 is 0 Å². The maximum absolute atomic E-state index is 4.96. The van der Waals surface area contributed by atoms with Crippen molar-refractivity contribution < 1.29 is 0 Å². The van der Waals surface area contributed by atoms with Gasteiger partial charge in [0.25, 0.3) is 0 Å². The highest BCUT2D eigenvalue weighted by molar-refractivity contribution is 5.12. The van der Waals surface area contributed by atoms with Gasteiger partial charge in [-0.2, -0.15) is 0 Å². The molecule has 0 aromatic carbocycles. The Hall–Kier alpha value is -1.14. The third kappa shape index (κ3) is 6.86. The monoisotopic (exact) mass is 118 g/mol. The van der Waals surface area contributed by atoms with Gasteiger partial charge in [-0.3, -0.25) is 0 Å². The van der Waals surface area contributed by atoms with Crippen molar-refractivity contribution in [3.8, 4) is 24.2 Å². The van der Waals surface area contributed by atoms with Gasteiger partial charge in [-0.05, 0) is 6.08 Å². The van der Waals surface area contributed by atoms with Crippen molar-refractivity contribution >= 4 is 0 Å². The molecule has 0 radical (unpaired) electrons. The van der Waals surface area contributed by atoms with Crippen LogP contribution in [-0.2, 0) is 0 Å². The van der Waals surface area contributed by atoms with Gasteiger partial charge in [0.15, 0.2) is 0 Å². The van der Waals surface area contributed by atoms with E-state index in [4.69, 9.17) is 6.42 Å². The average molecular weight is 118 g/mol. The summed E-state index contributed by atoms with van der Waals surface area (Å²) in [6.45, 7) is 2.03. The largest absolute Gasteiger partial charge is 0.115 e. The lowest BCUT2D eigenvalue weighted by Crippen LogP contribution is -1.58. The highest BCUT2D eigenvalue weighted by Crippen LogP contribution is 1.78. The number of terminal acetylenes is 1. The summed E-state index contributed by atoms with van der Waals surface area (Å²) in [6, 6.07) is 0. The van der Waals surface area contributed by atoms with E-state index in [1.165, 1.54) is 0 Å². The summed E-state index contributed by atoms with van der Waals surface area (Å²) < 4.78 is 0. The fourth-order valence-corrected chi connectivity index (χ4v) is 0.383. The third-order valence-electron chi connectivity index (χ3n) is 0.736. The molecule has 0 aromatic rings. The van der Waals surface area contributed by atoms with E-state index in [1.807, 2.05) is 13.0 Å². The summed E-state index contributed by atoms with van der Waals surface area (Å²) in [5, 5.41) is 0. The lowest BCUT2D eigenvalue weighted by atomic mass is 10.3.